The van der Waals surface area contributed by atoms with Crippen LogP contribution >= 0.6 is 0 Å². The van der Waals surface area contributed by atoms with Crippen molar-refractivity contribution in [1.82, 2.24) is 20.4 Å². The molecule has 0 aliphatic carbocycles. The van der Waals surface area contributed by atoms with E-state index in [1.54, 1.807) is 10.7 Å². The Morgan fingerprint density at radius 2 is 1.82 bits per heavy atom. The van der Waals surface area contributed by atoms with Gasteiger partial charge in [0.2, 0.25) is 5.60 Å². The van der Waals surface area contributed by atoms with Crippen LogP contribution in [0.15, 0.2) is 41.6 Å². The summed E-state index contributed by atoms with van der Waals surface area (Å²) in [6, 6.07) is 11.2. The summed E-state index contributed by atoms with van der Waals surface area (Å²) in [7, 11) is -1.71. The van der Waals surface area contributed by atoms with Crippen LogP contribution < -0.4 is 10.6 Å². The molecule has 0 spiro atoms. The van der Waals surface area contributed by atoms with E-state index in [9.17, 15) is 19.6 Å². The van der Waals surface area contributed by atoms with E-state index in [0.717, 1.165) is 11.3 Å². The molecule has 1 unspecified atom stereocenters. The third kappa shape index (κ3) is 7.23. The van der Waals surface area contributed by atoms with Crippen molar-refractivity contribution in [2.45, 2.75) is 84.3 Å². The molecule has 11 heteroatoms. The minimum absolute atomic E-state index is 0.0123. The molecule has 4 N–H and O–H groups in total. The minimum Gasteiger partial charge on any atom is -0.426 e. The number of carbonyl (C=O) groups excluding carboxylic acids is 2. The second-order valence-electron chi connectivity index (χ2n) is 11.0. The first kappa shape index (κ1) is 29.4. The van der Waals surface area contributed by atoms with Gasteiger partial charge in [0.1, 0.15) is 5.69 Å². The second kappa shape index (κ2) is 12.6. The molecule has 0 fully saturated rings. The Bertz CT molecular complexity index is 1130. The Morgan fingerprint density at radius 3 is 2.39 bits per heavy atom. The zero-order valence-corrected chi connectivity index (χ0v) is 23.1. The van der Waals surface area contributed by atoms with Gasteiger partial charge >= 0.3 is 7.12 Å². The normalized spacial score (nSPS) is 17.9. The first-order valence-corrected chi connectivity index (χ1v) is 13.2. The molecule has 2 atom stereocenters. The largest absolute Gasteiger partial charge is 0.475 e. The highest BCUT2D eigenvalue weighted by Gasteiger charge is 2.48. The fourth-order valence-electron chi connectivity index (χ4n) is 4.46. The quantitative estimate of drug-likeness (QED) is 0.315. The van der Waals surface area contributed by atoms with Crippen molar-refractivity contribution in [2.24, 2.45) is 11.1 Å². The van der Waals surface area contributed by atoms with Gasteiger partial charge in [-0.2, -0.15) is 5.10 Å². The van der Waals surface area contributed by atoms with Gasteiger partial charge in [-0.25, -0.2) is 0 Å². The lowest BCUT2D eigenvalue weighted by molar-refractivity contribution is -0.144. The number of nitrogens with one attached hydrogen (secondary N) is 2. The van der Waals surface area contributed by atoms with Crippen LogP contribution in [0.25, 0.3) is 0 Å². The van der Waals surface area contributed by atoms with Crippen LogP contribution in [0.1, 0.15) is 88.1 Å². The van der Waals surface area contributed by atoms with E-state index in [-0.39, 0.29) is 43.2 Å². The van der Waals surface area contributed by atoms with Crippen LogP contribution in [0.3, 0.4) is 0 Å². The SMILES string of the molecule is CC(C)C[C@H](NC(=O)C1(Cc2ccccc2)CC(CNC(=O)c2cc(C(C)C)nn2C(C)C)=NO1)B(O)O. The van der Waals surface area contributed by atoms with E-state index in [1.807, 2.05) is 71.9 Å². The number of aromatic nitrogens is 2. The van der Waals surface area contributed by atoms with Crippen molar-refractivity contribution in [2.75, 3.05) is 6.54 Å². The molecule has 206 valence electrons. The predicted molar refractivity (Wildman–Crippen MR) is 147 cm³/mol. The van der Waals surface area contributed by atoms with Crippen LogP contribution in [0.2, 0.25) is 0 Å². The van der Waals surface area contributed by atoms with Gasteiger partial charge in [-0.15, -0.1) is 0 Å². The van der Waals surface area contributed by atoms with E-state index in [0.29, 0.717) is 17.8 Å². The number of hydrogen-bond donors (Lipinski definition) is 4. The molecule has 0 saturated carbocycles. The molecule has 1 aliphatic rings. The lowest BCUT2D eigenvalue weighted by atomic mass is 9.74. The summed E-state index contributed by atoms with van der Waals surface area (Å²) in [4.78, 5) is 32.4. The van der Waals surface area contributed by atoms with Crippen molar-refractivity contribution in [3.05, 3.63) is 53.3 Å². The van der Waals surface area contributed by atoms with Gasteiger partial charge in [-0.1, -0.05) is 63.2 Å². The zero-order chi connectivity index (χ0) is 28.0. The molecule has 2 amide bonds. The summed E-state index contributed by atoms with van der Waals surface area (Å²) in [5.74, 6) is -1.30. The Kier molecular flexibility index (Phi) is 9.73. The Balaban J connectivity index is 1.75. The molecule has 1 aliphatic heterocycles. The number of benzene rings is 1. The first-order valence-electron chi connectivity index (χ1n) is 13.2. The highest BCUT2D eigenvalue weighted by molar-refractivity contribution is 6.43. The maximum absolute atomic E-state index is 13.5. The summed E-state index contributed by atoms with van der Waals surface area (Å²) in [6.07, 6.45) is 0.759. The summed E-state index contributed by atoms with van der Waals surface area (Å²) >= 11 is 0. The Labute approximate surface area is 225 Å². The first-order chi connectivity index (χ1) is 17.9. The predicted octanol–water partition coefficient (Wildman–Crippen LogP) is 2.62. The van der Waals surface area contributed by atoms with Crippen LogP contribution in [0.4, 0.5) is 0 Å². The monoisotopic (exact) mass is 525 g/mol. The zero-order valence-electron chi connectivity index (χ0n) is 23.1. The van der Waals surface area contributed by atoms with E-state index in [2.05, 4.69) is 20.9 Å². The fourth-order valence-corrected chi connectivity index (χ4v) is 4.46. The van der Waals surface area contributed by atoms with Gasteiger partial charge < -0.3 is 25.5 Å². The molecule has 0 bridgehead atoms. The van der Waals surface area contributed by atoms with E-state index >= 15 is 0 Å². The molecule has 2 heterocycles. The van der Waals surface area contributed by atoms with Crippen LogP contribution in [0.5, 0.6) is 0 Å². The van der Waals surface area contributed by atoms with Crippen LogP contribution in [0, 0.1) is 5.92 Å². The van der Waals surface area contributed by atoms with Gasteiger partial charge in [0.15, 0.2) is 0 Å². The highest BCUT2D eigenvalue weighted by atomic mass is 16.7. The fraction of sp³-hybridized carbons (Fsp3) is 0.556. The average molecular weight is 525 g/mol. The molecule has 1 aromatic heterocycles. The summed E-state index contributed by atoms with van der Waals surface area (Å²) in [6.45, 7) is 12.0. The Morgan fingerprint density at radius 1 is 1.13 bits per heavy atom. The maximum Gasteiger partial charge on any atom is 0.475 e. The number of oxime groups is 1. The number of hydrogen-bond acceptors (Lipinski definition) is 7. The molecule has 0 saturated heterocycles. The third-order valence-electron chi connectivity index (χ3n) is 6.51. The molecular weight excluding hydrogens is 485 g/mol. The molecule has 1 aromatic carbocycles. The number of rotatable bonds is 12. The second-order valence-corrected chi connectivity index (χ2v) is 11.0. The van der Waals surface area contributed by atoms with Crippen molar-refractivity contribution in [3.8, 4) is 0 Å². The van der Waals surface area contributed by atoms with Crippen molar-refractivity contribution < 1.29 is 24.5 Å². The number of carbonyl (C=O) groups is 2. The van der Waals surface area contributed by atoms with Crippen LogP contribution in [-0.2, 0) is 16.1 Å². The third-order valence-corrected chi connectivity index (χ3v) is 6.51. The molecule has 3 rings (SSSR count). The van der Waals surface area contributed by atoms with Crippen molar-refractivity contribution >= 4 is 24.6 Å². The van der Waals surface area contributed by atoms with Gasteiger partial charge in [-0.3, -0.25) is 14.3 Å². The topological polar surface area (TPSA) is 138 Å². The van der Waals surface area contributed by atoms with Crippen LogP contribution in [-0.4, -0.2) is 62.6 Å². The summed E-state index contributed by atoms with van der Waals surface area (Å²) < 4.78 is 1.71. The van der Waals surface area contributed by atoms with Gasteiger partial charge in [0, 0.05) is 18.9 Å². The van der Waals surface area contributed by atoms with Crippen molar-refractivity contribution in [3.63, 3.8) is 0 Å². The van der Waals surface area contributed by atoms with Gasteiger partial charge in [-0.05, 0) is 43.7 Å². The van der Waals surface area contributed by atoms with E-state index in [4.69, 9.17) is 4.84 Å². The smallest absolute Gasteiger partial charge is 0.426 e. The number of amides is 2. The molecule has 2 aromatic rings. The van der Waals surface area contributed by atoms with E-state index in [1.165, 1.54) is 0 Å². The van der Waals surface area contributed by atoms with E-state index < -0.39 is 24.6 Å². The minimum atomic E-state index is -1.71. The number of nitrogens with zero attached hydrogens (tertiary/aromatic N) is 3. The standard InChI is InChI=1S/C27H40BN5O5/c1-17(2)12-24(28(36)37)30-26(35)27(14-20-10-8-7-9-11-20)15-21(32-38-27)16-29-25(34)23-13-22(18(3)4)31-33(23)19(5)6/h7-11,13,17-19,24,36-37H,12,14-16H2,1-6H3,(H,29,34)(H,30,35)/t24-,27?/m0/s1. The molecular formula is C27H40BN5O5. The lowest BCUT2D eigenvalue weighted by Crippen LogP contribution is -2.56. The highest BCUT2D eigenvalue weighted by Crippen LogP contribution is 2.29. The van der Waals surface area contributed by atoms with Gasteiger partial charge in [0.05, 0.1) is 23.9 Å². The lowest BCUT2D eigenvalue weighted by Gasteiger charge is -2.29. The molecule has 38 heavy (non-hydrogen) atoms. The Hall–Kier alpha value is -3.18. The van der Waals surface area contributed by atoms with Gasteiger partial charge in [0.25, 0.3) is 11.8 Å². The van der Waals surface area contributed by atoms with Crippen molar-refractivity contribution in [1.29, 1.82) is 0 Å². The molecule has 0 radical (unpaired) electrons. The maximum atomic E-state index is 13.5. The average Bonchev–Trinajstić information content (AvgIpc) is 3.48. The molecule has 10 nitrogen and oxygen atoms in total. The summed E-state index contributed by atoms with van der Waals surface area (Å²) in [5, 5.41) is 34.1. The summed E-state index contributed by atoms with van der Waals surface area (Å²) in [5.41, 5.74) is 1.30.